The molecule has 1 aliphatic heterocycles. The molecule has 1 heterocycles. The maximum atomic E-state index is 12.8. The van der Waals surface area contributed by atoms with Gasteiger partial charge in [-0.1, -0.05) is 12.1 Å². The summed E-state index contributed by atoms with van der Waals surface area (Å²) in [4.78, 5) is 25.2. The minimum absolute atomic E-state index is 0.128. The highest BCUT2D eigenvalue weighted by Crippen LogP contribution is 2.31. The predicted molar refractivity (Wildman–Crippen MR) is 114 cm³/mol. The highest BCUT2D eigenvalue weighted by molar-refractivity contribution is 5.95. The van der Waals surface area contributed by atoms with Crippen LogP contribution in [-0.4, -0.2) is 39.4 Å². The number of ether oxygens (including phenoxy) is 4. The normalized spacial score (nSPS) is 15.2. The summed E-state index contributed by atoms with van der Waals surface area (Å²) < 4.78 is 21.5. The average Bonchev–Trinajstić information content (AvgIpc) is 2.82. The van der Waals surface area contributed by atoms with Crippen LogP contribution in [0, 0.1) is 11.3 Å². The Morgan fingerprint density at radius 2 is 1.84 bits per heavy atom. The summed E-state index contributed by atoms with van der Waals surface area (Å²) in [6, 6.07) is 12.5. The highest BCUT2D eigenvalue weighted by atomic mass is 16.5. The van der Waals surface area contributed by atoms with Crippen LogP contribution < -0.4 is 24.8 Å². The third-order valence-electron chi connectivity index (χ3n) is 4.76. The molecule has 32 heavy (non-hydrogen) atoms. The van der Waals surface area contributed by atoms with Gasteiger partial charge >= 0.3 is 12.0 Å². The maximum absolute atomic E-state index is 12.8. The highest BCUT2D eigenvalue weighted by Gasteiger charge is 2.34. The van der Waals surface area contributed by atoms with Crippen molar-refractivity contribution in [1.82, 2.24) is 10.6 Å². The van der Waals surface area contributed by atoms with Gasteiger partial charge in [0.1, 0.15) is 12.4 Å². The second-order valence-corrected chi connectivity index (χ2v) is 6.68. The lowest BCUT2D eigenvalue weighted by Gasteiger charge is -2.29. The fourth-order valence-electron chi connectivity index (χ4n) is 3.23. The van der Waals surface area contributed by atoms with Gasteiger partial charge < -0.3 is 29.6 Å². The summed E-state index contributed by atoms with van der Waals surface area (Å²) in [7, 11) is 3.01. The molecule has 3 rings (SSSR count). The molecule has 0 saturated carbocycles. The standard InChI is InChI=1S/C23H23N3O6/c1-4-31-22(27)20-17(13-32-18-10-5-14(12-24)11-19(18)30-3)25-23(28)26-21(20)15-6-8-16(29-2)9-7-15/h5-11,21H,4,13H2,1-3H3,(H2,25,26,28)/t21-/m0/s1. The van der Waals surface area contributed by atoms with Crippen LogP contribution in [0.4, 0.5) is 4.79 Å². The summed E-state index contributed by atoms with van der Waals surface area (Å²) in [5, 5.41) is 14.5. The van der Waals surface area contributed by atoms with Gasteiger partial charge in [-0.2, -0.15) is 5.26 Å². The predicted octanol–water partition coefficient (Wildman–Crippen LogP) is 2.83. The molecule has 166 valence electrons. The molecule has 2 aromatic carbocycles. The lowest BCUT2D eigenvalue weighted by Crippen LogP contribution is -2.47. The molecule has 2 N–H and O–H groups in total. The number of nitrogens with one attached hydrogen (secondary N) is 2. The first-order valence-electron chi connectivity index (χ1n) is 9.83. The van der Waals surface area contributed by atoms with E-state index in [4.69, 9.17) is 24.2 Å². The Morgan fingerprint density at radius 1 is 1.09 bits per heavy atom. The molecule has 0 radical (unpaired) electrons. The summed E-state index contributed by atoms with van der Waals surface area (Å²) >= 11 is 0. The van der Waals surface area contributed by atoms with Gasteiger partial charge in [-0.25, -0.2) is 9.59 Å². The van der Waals surface area contributed by atoms with Gasteiger partial charge in [-0.3, -0.25) is 0 Å². The summed E-state index contributed by atoms with van der Waals surface area (Å²) in [6.45, 7) is 1.74. The molecular formula is C23H23N3O6. The Kier molecular flexibility index (Phi) is 7.18. The minimum Gasteiger partial charge on any atom is -0.497 e. The number of esters is 1. The van der Waals surface area contributed by atoms with Crippen molar-refractivity contribution < 1.29 is 28.5 Å². The maximum Gasteiger partial charge on any atom is 0.338 e. The first-order valence-corrected chi connectivity index (χ1v) is 9.83. The molecule has 9 nitrogen and oxygen atoms in total. The minimum atomic E-state index is -0.741. The largest absolute Gasteiger partial charge is 0.497 e. The van der Waals surface area contributed by atoms with E-state index >= 15 is 0 Å². The van der Waals surface area contributed by atoms with E-state index in [0.717, 1.165) is 0 Å². The second-order valence-electron chi connectivity index (χ2n) is 6.68. The van der Waals surface area contributed by atoms with Crippen LogP contribution in [0.2, 0.25) is 0 Å². The van der Waals surface area contributed by atoms with Crippen molar-refractivity contribution in [2.45, 2.75) is 13.0 Å². The van der Waals surface area contributed by atoms with E-state index in [1.807, 2.05) is 6.07 Å². The number of carbonyl (C=O) groups excluding carboxylic acids is 2. The van der Waals surface area contributed by atoms with Crippen molar-refractivity contribution in [1.29, 1.82) is 5.26 Å². The molecule has 2 aromatic rings. The molecule has 0 fully saturated rings. The number of methoxy groups -OCH3 is 2. The van der Waals surface area contributed by atoms with E-state index in [9.17, 15) is 9.59 Å². The number of hydrogen-bond donors (Lipinski definition) is 2. The van der Waals surface area contributed by atoms with Crippen LogP contribution in [0.3, 0.4) is 0 Å². The van der Waals surface area contributed by atoms with Crippen molar-refractivity contribution in [3.8, 4) is 23.3 Å². The summed E-state index contributed by atoms with van der Waals surface area (Å²) in [5.74, 6) is 0.781. The van der Waals surface area contributed by atoms with Crippen molar-refractivity contribution in [3.05, 3.63) is 64.9 Å². The molecule has 0 spiro atoms. The number of hydrogen-bond acceptors (Lipinski definition) is 7. The quantitative estimate of drug-likeness (QED) is 0.610. The van der Waals surface area contributed by atoms with Crippen LogP contribution >= 0.6 is 0 Å². The van der Waals surface area contributed by atoms with E-state index < -0.39 is 18.0 Å². The molecule has 0 aromatic heterocycles. The molecular weight excluding hydrogens is 414 g/mol. The van der Waals surface area contributed by atoms with Gasteiger partial charge in [0.25, 0.3) is 0 Å². The van der Waals surface area contributed by atoms with Crippen LogP contribution in [-0.2, 0) is 9.53 Å². The van der Waals surface area contributed by atoms with Gasteiger partial charge in [-0.15, -0.1) is 0 Å². The lowest BCUT2D eigenvalue weighted by atomic mass is 9.95. The van der Waals surface area contributed by atoms with Crippen LogP contribution in [0.5, 0.6) is 17.2 Å². The molecule has 0 saturated heterocycles. The number of amides is 2. The number of nitrogens with zero attached hydrogens (tertiary/aromatic N) is 1. The third kappa shape index (κ3) is 4.92. The zero-order chi connectivity index (χ0) is 23.1. The SMILES string of the molecule is CCOC(=O)C1=C(COc2ccc(C#N)cc2OC)NC(=O)N[C@H]1c1ccc(OC)cc1. The number of nitriles is 1. The van der Waals surface area contributed by atoms with Gasteiger partial charge in [0.15, 0.2) is 11.5 Å². The number of carbonyl (C=O) groups is 2. The van der Waals surface area contributed by atoms with Crippen molar-refractivity contribution in [2.24, 2.45) is 0 Å². The smallest absolute Gasteiger partial charge is 0.338 e. The first kappa shape index (κ1) is 22.5. The molecule has 0 unspecified atom stereocenters. The monoisotopic (exact) mass is 437 g/mol. The Balaban J connectivity index is 1.97. The van der Waals surface area contributed by atoms with E-state index in [2.05, 4.69) is 10.6 Å². The Morgan fingerprint density at radius 3 is 2.47 bits per heavy atom. The summed E-state index contributed by atoms with van der Waals surface area (Å²) in [5.41, 5.74) is 1.58. The van der Waals surface area contributed by atoms with Crippen molar-refractivity contribution >= 4 is 12.0 Å². The first-order chi connectivity index (χ1) is 15.5. The Bertz CT molecular complexity index is 1070. The molecule has 1 aliphatic rings. The fourth-order valence-corrected chi connectivity index (χ4v) is 3.23. The van der Waals surface area contributed by atoms with Gasteiger partial charge in [0, 0.05) is 6.07 Å². The molecule has 9 heteroatoms. The third-order valence-corrected chi connectivity index (χ3v) is 4.76. The lowest BCUT2D eigenvalue weighted by molar-refractivity contribution is -0.139. The van der Waals surface area contributed by atoms with Crippen molar-refractivity contribution in [2.75, 3.05) is 27.4 Å². The molecule has 0 aliphatic carbocycles. The average molecular weight is 437 g/mol. The molecule has 1 atom stereocenters. The number of urea groups is 1. The van der Waals surface area contributed by atoms with Gasteiger partial charge in [0.2, 0.25) is 0 Å². The van der Waals surface area contributed by atoms with E-state index in [-0.39, 0.29) is 24.5 Å². The number of benzene rings is 2. The number of rotatable bonds is 8. The fraction of sp³-hybridized carbons (Fsp3) is 0.261. The zero-order valence-corrected chi connectivity index (χ0v) is 17.9. The zero-order valence-electron chi connectivity index (χ0n) is 17.9. The summed E-state index contributed by atoms with van der Waals surface area (Å²) in [6.07, 6.45) is 0. The van der Waals surface area contributed by atoms with Crippen LogP contribution in [0.15, 0.2) is 53.7 Å². The topological polar surface area (TPSA) is 119 Å². The van der Waals surface area contributed by atoms with E-state index in [1.54, 1.807) is 50.4 Å². The van der Waals surface area contributed by atoms with E-state index in [1.165, 1.54) is 13.2 Å². The second kappa shape index (κ2) is 10.2. The van der Waals surface area contributed by atoms with E-state index in [0.29, 0.717) is 28.4 Å². The van der Waals surface area contributed by atoms with Gasteiger partial charge in [-0.05, 0) is 36.8 Å². The molecule has 2 amide bonds. The Hall–Kier alpha value is -4.19. The Labute approximate surface area is 185 Å². The van der Waals surface area contributed by atoms with Crippen molar-refractivity contribution in [3.63, 3.8) is 0 Å². The van der Waals surface area contributed by atoms with Crippen LogP contribution in [0.25, 0.3) is 0 Å². The van der Waals surface area contributed by atoms with Gasteiger partial charge in [0.05, 0.1) is 49.8 Å². The van der Waals surface area contributed by atoms with Crippen LogP contribution in [0.1, 0.15) is 24.1 Å². The molecule has 0 bridgehead atoms.